The van der Waals surface area contributed by atoms with Gasteiger partial charge in [0.1, 0.15) is 5.54 Å². The molecule has 0 aliphatic carbocycles. The number of imidazole rings is 1. The van der Waals surface area contributed by atoms with Crippen molar-refractivity contribution in [3.8, 4) is 16.8 Å². The molecule has 1 unspecified atom stereocenters. The van der Waals surface area contributed by atoms with E-state index >= 15 is 0 Å². The van der Waals surface area contributed by atoms with Gasteiger partial charge in [-0.05, 0) is 96.8 Å². The molecule has 0 N–H and O–H groups in total. The van der Waals surface area contributed by atoms with Crippen LogP contribution in [-0.2, 0) is 16.4 Å². The van der Waals surface area contributed by atoms with Crippen molar-refractivity contribution in [1.82, 2.24) is 18.9 Å². The van der Waals surface area contributed by atoms with Gasteiger partial charge in [0, 0.05) is 39.3 Å². The van der Waals surface area contributed by atoms with Gasteiger partial charge in [0.2, 0.25) is 5.82 Å². The van der Waals surface area contributed by atoms with Gasteiger partial charge in [0.15, 0.2) is 11.0 Å². The van der Waals surface area contributed by atoms with E-state index in [0.717, 1.165) is 30.6 Å². The third kappa shape index (κ3) is 3.90. The van der Waals surface area contributed by atoms with E-state index in [4.69, 9.17) is 4.98 Å². The minimum absolute atomic E-state index is 0.0367. The minimum atomic E-state index is -0.190. The zero-order valence-corrected chi connectivity index (χ0v) is 32.9. The molecule has 6 heterocycles. The normalized spacial score (nSPS) is 17.2. The summed E-state index contributed by atoms with van der Waals surface area (Å²) in [6.07, 6.45) is 7.20. The number of rotatable bonds is 4. The highest BCUT2D eigenvalue weighted by Gasteiger charge is 2.51. The lowest BCUT2D eigenvalue weighted by Gasteiger charge is -2.40. The third-order valence-electron chi connectivity index (χ3n) is 13.6. The molecular weight excluding hydrogens is 647 g/mol. The average Bonchev–Trinajstić information content (AvgIpc) is 3.65. The third-order valence-corrected chi connectivity index (χ3v) is 13.6. The van der Waals surface area contributed by atoms with Crippen LogP contribution >= 0.6 is 0 Å². The van der Waals surface area contributed by atoms with E-state index in [1.165, 1.54) is 88.5 Å². The molecule has 0 radical (unpaired) electrons. The Labute approximate surface area is 312 Å². The topological polar surface area (TPSA) is 39.0 Å². The van der Waals surface area contributed by atoms with Gasteiger partial charge in [0.05, 0.1) is 33.8 Å². The highest BCUT2D eigenvalue weighted by molar-refractivity contribution is 6.13. The predicted octanol–water partition coefficient (Wildman–Crippen LogP) is 11.7. The van der Waals surface area contributed by atoms with Crippen molar-refractivity contribution in [3.63, 3.8) is 0 Å². The van der Waals surface area contributed by atoms with Crippen LogP contribution in [-0.4, -0.2) is 18.9 Å². The van der Waals surface area contributed by atoms with Crippen molar-refractivity contribution in [2.75, 3.05) is 0 Å². The second-order valence-electron chi connectivity index (χ2n) is 17.6. The molecule has 10 rings (SSSR count). The first kappa shape index (κ1) is 32.6. The summed E-state index contributed by atoms with van der Waals surface area (Å²) in [5.74, 6) is 1.49. The standard InChI is InChI=1S/C48H50N5/c1-11-34-32-19-18-30(29-17-20-37-33(25-29)31-15-14-16-36-43(31)51(37)40-26-49-22-21-35(40)47(36,9)10)42-41(32)44-52(45(50-42)46(6,7)8)38-23-27(4)28(5)24-39(38)53(44)48(34,12-2)13-3/h14-26,34H,11-13H2,1-10H3/q+1. The molecule has 5 nitrogen and oxygen atoms in total. The second-order valence-corrected chi connectivity index (χ2v) is 17.6. The van der Waals surface area contributed by atoms with Crippen LogP contribution in [0.1, 0.15) is 114 Å². The number of hydrogen-bond acceptors (Lipinski definition) is 2. The fourth-order valence-corrected chi connectivity index (χ4v) is 10.8. The molecule has 266 valence electrons. The van der Waals surface area contributed by atoms with E-state index in [9.17, 15) is 0 Å². The fraction of sp³-hybridized carbons (Fsp3) is 0.354. The number of aromatic nitrogens is 5. The van der Waals surface area contributed by atoms with Crippen molar-refractivity contribution in [2.45, 2.75) is 111 Å². The van der Waals surface area contributed by atoms with Gasteiger partial charge in [-0.1, -0.05) is 91.8 Å². The molecule has 0 fully saturated rings. The van der Waals surface area contributed by atoms with Crippen LogP contribution in [0, 0.1) is 13.8 Å². The first-order valence-electron chi connectivity index (χ1n) is 19.7. The number of benzene rings is 4. The first-order chi connectivity index (χ1) is 25.4. The summed E-state index contributed by atoms with van der Waals surface area (Å²) in [5, 5.41) is 3.87. The molecule has 2 aliphatic heterocycles. The quantitative estimate of drug-likeness (QED) is 0.172. The molecule has 5 heteroatoms. The summed E-state index contributed by atoms with van der Waals surface area (Å²) in [4.78, 5) is 10.4. The van der Waals surface area contributed by atoms with Crippen molar-refractivity contribution in [2.24, 2.45) is 0 Å². The Morgan fingerprint density at radius 2 is 1.60 bits per heavy atom. The number of pyridine rings is 1. The zero-order valence-electron chi connectivity index (χ0n) is 32.9. The van der Waals surface area contributed by atoms with Gasteiger partial charge in [0.25, 0.3) is 5.65 Å². The maximum atomic E-state index is 5.80. The van der Waals surface area contributed by atoms with Crippen molar-refractivity contribution >= 4 is 49.4 Å². The van der Waals surface area contributed by atoms with E-state index in [0.29, 0.717) is 5.92 Å². The summed E-state index contributed by atoms with van der Waals surface area (Å²) >= 11 is 0. The lowest BCUT2D eigenvalue weighted by Crippen LogP contribution is -2.60. The number of para-hydroxylation sites is 1. The van der Waals surface area contributed by atoms with Crippen LogP contribution in [0.2, 0.25) is 0 Å². The molecule has 0 saturated heterocycles. The van der Waals surface area contributed by atoms with Crippen LogP contribution in [0.5, 0.6) is 0 Å². The summed E-state index contributed by atoms with van der Waals surface area (Å²) in [5.41, 5.74) is 17.6. The number of hydrogen-bond donors (Lipinski definition) is 0. The Bertz CT molecular complexity index is 2890. The summed E-state index contributed by atoms with van der Waals surface area (Å²) < 4.78 is 7.78. The number of fused-ring (bicyclic) bond motifs is 8. The highest BCUT2D eigenvalue weighted by atomic mass is 15.2. The van der Waals surface area contributed by atoms with E-state index in [2.05, 4.69) is 154 Å². The molecule has 0 spiro atoms. The molecule has 2 aliphatic rings. The first-order valence-corrected chi connectivity index (χ1v) is 19.7. The monoisotopic (exact) mass is 696 g/mol. The lowest BCUT2D eigenvalue weighted by molar-refractivity contribution is -0.726. The van der Waals surface area contributed by atoms with Crippen LogP contribution in [0.3, 0.4) is 0 Å². The van der Waals surface area contributed by atoms with E-state index < -0.39 is 0 Å². The fourth-order valence-electron chi connectivity index (χ4n) is 10.8. The zero-order chi connectivity index (χ0) is 36.9. The Kier molecular flexibility index (Phi) is 6.49. The molecule has 0 bridgehead atoms. The van der Waals surface area contributed by atoms with Crippen LogP contribution in [0.25, 0.3) is 66.2 Å². The molecular formula is C48H50N5+. The van der Waals surface area contributed by atoms with Gasteiger partial charge in [-0.3, -0.25) is 4.98 Å². The van der Waals surface area contributed by atoms with E-state index in [-0.39, 0.29) is 16.4 Å². The average molecular weight is 697 g/mol. The van der Waals surface area contributed by atoms with Crippen LogP contribution in [0.4, 0.5) is 0 Å². The van der Waals surface area contributed by atoms with Gasteiger partial charge in [-0.2, -0.15) is 4.40 Å². The van der Waals surface area contributed by atoms with Crippen molar-refractivity contribution < 1.29 is 4.57 Å². The van der Waals surface area contributed by atoms with Gasteiger partial charge in [-0.15, -0.1) is 0 Å². The Balaban J connectivity index is 1.36. The predicted molar refractivity (Wildman–Crippen MR) is 220 cm³/mol. The lowest BCUT2D eigenvalue weighted by atomic mass is 9.70. The summed E-state index contributed by atoms with van der Waals surface area (Å²) in [6.45, 7) is 23.4. The Hall–Kier alpha value is -5.03. The molecule has 0 amide bonds. The highest BCUT2D eigenvalue weighted by Crippen LogP contribution is 2.51. The number of nitrogens with zero attached hydrogens (tertiary/aromatic N) is 5. The van der Waals surface area contributed by atoms with Crippen molar-refractivity contribution in [3.05, 3.63) is 113 Å². The maximum absolute atomic E-state index is 5.80. The van der Waals surface area contributed by atoms with Gasteiger partial charge in [-0.25, -0.2) is 9.55 Å². The van der Waals surface area contributed by atoms with Gasteiger partial charge < -0.3 is 4.57 Å². The van der Waals surface area contributed by atoms with E-state index in [1.54, 1.807) is 0 Å². The van der Waals surface area contributed by atoms with E-state index in [1.807, 2.05) is 12.4 Å². The second kappa shape index (κ2) is 10.6. The SMILES string of the molecule is CCC1c2ccc(-c3ccc4c(c3)c3cccc5c3n4-c3cnccc3C5(C)C)c3nc(C(C)(C)C)n4c5cc(C)c(C)cc5[n+](c4c23)C1(CC)CC. The molecule has 1 atom stereocenters. The summed E-state index contributed by atoms with van der Waals surface area (Å²) in [7, 11) is 0. The molecule has 0 saturated carbocycles. The Morgan fingerprint density at radius 3 is 2.34 bits per heavy atom. The maximum Gasteiger partial charge on any atom is 0.299 e. The Morgan fingerprint density at radius 1 is 0.830 bits per heavy atom. The molecule has 8 aromatic rings. The molecule has 4 aromatic carbocycles. The van der Waals surface area contributed by atoms with Crippen molar-refractivity contribution in [1.29, 1.82) is 0 Å². The smallest absolute Gasteiger partial charge is 0.299 e. The minimum Gasteiger partial charge on any atom is -0.307 e. The summed E-state index contributed by atoms with van der Waals surface area (Å²) in [6, 6.07) is 25.9. The largest absolute Gasteiger partial charge is 0.307 e. The van der Waals surface area contributed by atoms with Crippen LogP contribution in [0.15, 0.2) is 79.1 Å². The molecule has 53 heavy (non-hydrogen) atoms. The van der Waals surface area contributed by atoms with Crippen LogP contribution < -0.4 is 4.57 Å². The number of aryl methyl sites for hydroxylation is 2. The van der Waals surface area contributed by atoms with Gasteiger partial charge >= 0.3 is 0 Å². The molecule has 4 aromatic heterocycles.